The molecule has 0 fully saturated rings. The minimum Gasteiger partial charge on any atom is -0.481 e. The average molecular weight is 263 g/mol. The maximum absolute atomic E-state index is 10.9. The fourth-order valence-electron chi connectivity index (χ4n) is 1.81. The van der Waals surface area contributed by atoms with E-state index in [1.807, 2.05) is 0 Å². The van der Waals surface area contributed by atoms with Gasteiger partial charge in [0, 0.05) is 0 Å². The number of carboxylic acid groups (broad SMARTS) is 1. The van der Waals surface area contributed by atoms with E-state index in [0.29, 0.717) is 6.42 Å². The molecule has 0 amide bonds. The predicted octanol–water partition coefficient (Wildman–Crippen LogP) is 2.88. The predicted molar refractivity (Wildman–Crippen MR) is 78.4 cm³/mol. The molecule has 0 aliphatic heterocycles. The normalized spacial score (nSPS) is 11.5. The second-order valence-electron chi connectivity index (χ2n) is 5.61. The minimum atomic E-state index is -0.732. The maximum Gasteiger partial charge on any atom is 0.309 e. The van der Waals surface area contributed by atoms with Crippen molar-refractivity contribution < 1.29 is 9.90 Å². The fraction of sp³-hybridized carbons (Fsp3) is 0.562. The lowest BCUT2D eigenvalue weighted by molar-refractivity contribution is -0.147. The number of carbonyl (C=O) groups is 1. The Hall–Kier alpha value is -1.35. The molecule has 2 N–H and O–H groups in total. The first-order valence-corrected chi connectivity index (χ1v) is 6.97. The summed E-state index contributed by atoms with van der Waals surface area (Å²) in [6, 6.07) is 8.68. The van der Waals surface area contributed by atoms with E-state index >= 15 is 0 Å². The molecule has 0 aromatic heterocycles. The van der Waals surface area contributed by atoms with Crippen LogP contribution in [0.2, 0.25) is 0 Å². The molecule has 0 saturated heterocycles. The first-order valence-electron chi connectivity index (χ1n) is 6.97. The Morgan fingerprint density at radius 2 is 1.74 bits per heavy atom. The van der Waals surface area contributed by atoms with Crippen molar-refractivity contribution in [3.05, 3.63) is 35.4 Å². The molecule has 0 spiro atoms. The zero-order valence-electron chi connectivity index (χ0n) is 12.2. The van der Waals surface area contributed by atoms with Crippen LogP contribution in [0.15, 0.2) is 24.3 Å². The summed E-state index contributed by atoms with van der Waals surface area (Å²) in [7, 11) is 0. The zero-order chi connectivity index (χ0) is 14.3. The Morgan fingerprint density at radius 3 is 2.26 bits per heavy atom. The fourth-order valence-corrected chi connectivity index (χ4v) is 1.81. The van der Waals surface area contributed by atoms with Gasteiger partial charge in [0.1, 0.15) is 0 Å². The topological polar surface area (TPSA) is 49.3 Å². The highest BCUT2D eigenvalue weighted by molar-refractivity contribution is 5.73. The number of carboxylic acids is 1. The Morgan fingerprint density at radius 1 is 1.16 bits per heavy atom. The summed E-state index contributed by atoms with van der Waals surface area (Å²) in [5.41, 5.74) is 2.04. The summed E-state index contributed by atoms with van der Waals surface area (Å²) in [6.45, 7) is 7.31. The molecule has 3 heteroatoms. The molecule has 0 radical (unpaired) electrons. The second-order valence-corrected chi connectivity index (χ2v) is 5.61. The van der Waals surface area contributed by atoms with Gasteiger partial charge < -0.3 is 10.4 Å². The van der Waals surface area contributed by atoms with Crippen LogP contribution < -0.4 is 5.32 Å². The maximum atomic E-state index is 10.9. The standard InChI is InChI=1S/C16H25NO2/c1-4-13-5-7-14(8-6-13)9-11-17-12-10-16(2,3)15(18)19/h5-8,17H,4,9-12H2,1-3H3,(H,18,19). The number of aliphatic carboxylic acids is 1. The summed E-state index contributed by atoms with van der Waals surface area (Å²) in [5.74, 6) is -0.732. The summed E-state index contributed by atoms with van der Waals surface area (Å²) >= 11 is 0. The second kappa shape index (κ2) is 7.29. The van der Waals surface area contributed by atoms with E-state index in [-0.39, 0.29) is 0 Å². The molecule has 0 saturated carbocycles. The van der Waals surface area contributed by atoms with Crippen LogP contribution in [0, 0.1) is 5.41 Å². The van der Waals surface area contributed by atoms with E-state index in [4.69, 9.17) is 5.11 Å². The van der Waals surface area contributed by atoms with Crippen LogP contribution in [0.4, 0.5) is 0 Å². The molecule has 19 heavy (non-hydrogen) atoms. The summed E-state index contributed by atoms with van der Waals surface area (Å²) in [5, 5.41) is 12.3. The smallest absolute Gasteiger partial charge is 0.309 e. The van der Waals surface area contributed by atoms with E-state index in [1.165, 1.54) is 11.1 Å². The highest BCUT2D eigenvalue weighted by Crippen LogP contribution is 2.19. The molecule has 1 rings (SSSR count). The first kappa shape index (κ1) is 15.7. The van der Waals surface area contributed by atoms with Crippen molar-refractivity contribution in [2.24, 2.45) is 5.41 Å². The van der Waals surface area contributed by atoms with Crippen LogP contribution in [-0.2, 0) is 17.6 Å². The van der Waals surface area contributed by atoms with Gasteiger partial charge in [-0.25, -0.2) is 0 Å². The van der Waals surface area contributed by atoms with Gasteiger partial charge in [-0.2, -0.15) is 0 Å². The third-order valence-electron chi connectivity index (χ3n) is 3.53. The van der Waals surface area contributed by atoms with Gasteiger partial charge in [0.2, 0.25) is 0 Å². The van der Waals surface area contributed by atoms with Gasteiger partial charge in [-0.05, 0) is 57.3 Å². The van der Waals surface area contributed by atoms with Crippen molar-refractivity contribution in [3.63, 3.8) is 0 Å². The Labute approximate surface area is 116 Å². The number of nitrogens with one attached hydrogen (secondary N) is 1. The monoisotopic (exact) mass is 263 g/mol. The van der Waals surface area contributed by atoms with Gasteiger partial charge >= 0.3 is 5.97 Å². The van der Waals surface area contributed by atoms with Gasteiger partial charge in [-0.3, -0.25) is 4.79 Å². The van der Waals surface area contributed by atoms with E-state index in [0.717, 1.165) is 25.9 Å². The van der Waals surface area contributed by atoms with Crippen LogP contribution in [-0.4, -0.2) is 24.2 Å². The lowest BCUT2D eigenvalue weighted by atomic mass is 9.90. The van der Waals surface area contributed by atoms with Crippen molar-refractivity contribution >= 4 is 5.97 Å². The third kappa shape index (κ3) is 5.43. The molecule has 0 atom stereocenters. The SMILES string of the molecule is CCc1ccc(CCNCCC(C)(C)C(=O)O)cc1. The van der Waals surface area contributed by atoms with Crippen LogP contribution >= 0.6 is 0 Å². The molecule has 0 aliphatic rings. The van der Waals surface area contributed by atoms with Gasteiger partial charge in [0.25, 0.3) is 0 Å². The lowest BCUT2D eigenvalue weighted by Gasteiger charge is -2.18. The number of benzene rings is 1. The zero-order valence-corrected chi connectivity index (χ0v) is 12.2. The van der Waals surface area contributed by atoms with Crippen LogP contribution in [0.5, 0.6) is 0 Å². The third-order valence-corrected chi connectivity index (χ3v) is 3.53. The van der Waals surface area contributed by atoms with Crippen LogP contribution in [0.25, 0.3) is 0 Å². The highest BCUT2D eigenvalue weighted by Gasteiger charge is 2.25. The molecule has 1 aromatic rings. The van der Waals surface area contributed by atoms with Crippen molar-refractivity contribution in [1.29, 1.82) is 0 Å². The first-order chi connectivity index (χ1) is 8.95. The lowest BCUT2D eigenvalue weighted by Crippen LogP contribution is -2.29. The quantitative estimate of drug-likeness (QED) is 0.709. The largest absolute Gasteiger partial charge is 0.481 e. The van der Waals surface area contributed by atoms with Gasteiger partial charge in [-0.1, -0.05) is 31.2 Å². The van der Waals surface area contributed by atoms with E-state index in [9.17, 15) is 4.79 Å². The Balaban J connectivity index is 2.22. The van der Waals surface area contributed by atoms with Gasteiger partial charge in [0.05, 0.1) is 5.41 Å². The van der Waals surface area contributed by atoms with Gasteiger partial charge in [0.15, 0.2) is 0 Å². The average Bonchev–Trinajstić information content (AvgIpc) is 2.38. The van der Waals surface area contributed by atoms with Crippen LogP contribution in [0.3, 0.4) is 0 Å². The molecule has 0 bridgehead atoms. The Bertz CT molecular complexity index is 396. The number of aryl methyl sites for hydroxylation is 1. The van der Waals surface area contributed by atoms with Gasteiger partial charge in [-0.15, -0.1) is 0 Å². The van der Waals surface area contributed by atoms with Crippen molar-refractivity contribution in [2.75, 3.05) is 13.1 Å². The van der Waals surface area contributed by atoms with E-state index in [2.05, 4.69) is 36.5 Å². The molecule has 0 heterocycles. The minimum absolute atomic E-state index is 0.643. The molecular formula is C16H25NO2. The van der Waals surface area contributed by atoms with Crippen molar-refractivity contribution in [3.8, 4) is 0 Å². The molecule has 0 aliphatic carbocycles. The molecule has 106 valence electrons. The summed E-state index contributed by atoms with van der Waals surface area (Å²) < 4.78 is 0. The number of hydrogen-bond donors (Lipinski definition) is 2. The van der Waals surface area contributed by atoms with Crippen molar-refractivity contribution in [1.82, 2.24) is 5.32 Å². The Kier molecular flexibility index (Phi) is 6.03. The summed E-state index contributed by atoms with van der Waals surface area (Å²) in [6.07, 6.45) is 2.71. The summed E-state index contributed by atoms with van der Waals surface area (Å²) in [4.78, 5) is 10.9. The van der Waals surface area contributed by atoms with E-state index < -0.39 is 11.4 Å². The molecule has 1 aromatic carbocycles. The number of hydrogen-bond acceptors (Lipinski definition) is 2. The number of rotatable bonds is 8. The van der Waals surface area contributed by atoms with Crippen molar-refractivity contribution in [2.45, 2.75) is 40.0 Å². The highest BCUT2D eigenvalue weighted by atomic mass is 16.4. The molecule has 0 unspecified atom stereocenters. The van der Waals surface area contributed by atoms with Crippen LogP contribution in [0.1, 0.15) is 38.3 Å². The molecular weight excluding hydrogens is 238 g/mol. The van der Waals surface area contributed by atoms with E-state index in [1.54, 1.807) is 13.8 Å². The molecule has 3 nitrogen and oxygen atoms in total.